The van der Waals surface area contributed by atoms with Crippen molar-refractivity contribution < 1.29 is 9.59 Å². The van der Waals surface area contributed by atoms with E-state index in [-0.39, 0.29) is 26.1 Å². The van der Waals surface area contributed by atoms with Crippen molar-refractivity contribution in [3.8, 4) is 0 Å². The van der Waals surface area contributed by atoms with Crippen LogP contribution in [0.5, 0.6) is 0 Å². The average Bonchev–Trinajstić information content (AvgIpc) is 2.81. The Kier molecular flexibility index (Phi) is 3.18. The Morgan fingerprint density at radius 3 is 2.12 bits per heavy atom. The zero-order valence-corrected chi connectivity index (χ0v) is 10.5. The predicted molar refractivity (Wildman–Crippen MR) is 63.3 cm³/mol. The topological polar surface area (TPSA) is 34.1 Å². The van der Waals surface area contributed by atoms with Crippen LogP contribution in [0.2, 0.25) is 0 Å². The number of hydrogen-bond donors (Lipinski definition) is 0. The fraction of sp³-hybridized carbons (Fsp3) is 0.0769. The van der Waals surface area contributed by atoms with Gasteiger partial charge in [-0.05, 0) is 0 Å². The minimum atomic E-state index is 0.0185. The van der Waals surface area contributed by atoms with E-state index < -0.39 is 0 Å². The number of hydrogen-bond acceptors (Lipinski definition) is 2. The van der Waals surface area contributed by atoms with Crippen LogP contribution < -0.4 is 0 Å². The van der Waals surface area contributed by atoms with Gasteiger partial charge in [-0.2, -0.15) is 0 Å². The van der Waals surface area contributed by atoms with E-state index in [1.165, 1.54) is 6.92 Å². The molecule has 80 valence electrons. The molecule has 0 aliphatic heterocycles. The Morgan fingerprint density at radius 1 is 1.00 bits per heavy atom. The molecule has 0 radical (unpaired) electrons. The first kappa shape index (κ1) is 11.1. The molecule has 0 fully saturated rings. The monoisotopic (exact) mass is 278 g/mol. The van der Waals surface area contributed by atoms with Crippen molar-refractivity contribution >= 4 is 26.1 Å². The molecule has 16 heavy (non-hydrogen) atoms. The van der Waals surface area contributed by atoms with Gasteiger partial charge in [0, 0.05) is 0 Å². The van der Waals surface area contributed by atoms with Gasteiger partial charge in [0.1, 0.15) is 0 Å². The fourth-order valence-corrected chi connectivity index (χ4v) is 2.85. The third-order valence-electron chi connectivity index (χ3n) is 2.30. The molecule has 3 heteroatoms. The predicted octanol–water partition coefficient (Wildman–Crippen LogP) is 2.18. The Labute approximate surface area is 99.7 Å². The van der Waals surface area contributed by atoms with Crippen LogP contribution >= 0.6 is 0 Å². The van der Waals surface area contributed by atoms with E-state index in [1.54, 1.807) is 24.3 Å². The summed E-state index contributed by atoms with van der Waals surface area (Å²) in [6.07, 6.45) is 0. The van der Waals surface area contributed by atoms with Gasteiger partial charge in [0.05, 0.1) is 0 Å². The molecule has 0 atom stereocenters. The molecule has 1 heterocycles. The molecular weight excluding hydrogens is 267 g/mol. The second kappa shape index (κ2) is 4.60. The standard InChI is InChI=1S/C13H10O2Se/c1-9(14)10-4-6-11(7-5-10)13(15)12-3-2-8-16-12/h2-8H,1H3. The molecule has 0 bridgehead atoms. The molecule has 0 spiro atoms. The summed E-state index contributed by atoms with van der Waals surface area (Å²) >= 11 is 0.163. The third-order valence-corrected chi connectivity index (χ3v) is 4.12. The van der Waals surface area contributed by atoms with Crippen molar-refractivity contribution in [3.05, 3.63) is 56.9 Å². The van der Waals surface area contributed by atoms with Crippen LogP contribution in [0, 0.1) is 0 Å². The van der Waals surface area contributed by atoms with E-state index in [1.807, 2.05) is 17.1 Å². The quantitative estimate of drug-likeness (QED) is 0.636. The van der Waals surface area contributed by atoms with Crippen LogP contribution in [-0.4, -0.2) is 26.1 Å². The second-order valence-electron chi connectivity index (χ2n) is 3.44. The molecule has 0 saturated heterocycles. The summed E-state index contributed by atoms with van der Waals surface area (Å²) in [7, 11) is 0. The number of benzene rings is 1. The first-order chi connectivity index (χ1) is 7.68. The van der Waals surface area contributed by atoms with Gasteiger partial charge in [-0.3, -0.25) is 0 Å². The van der Waals surface area contributed by atoms with Gasteiger partial charge >= 0.3 is 99.5 Å². The third kappa shape index (κ3) is 2.21. The molecule has 2 nitrogen and oxygen atoms in total. The fourth-order valence-electron chi connectivity index (χ4n) is 1.41. The van der Waals surface area contributed by atoms with Crippen molar-refractivity contribution in [1.29, 1.82) is 0 Å². The Morgan fingerprint density at radius 2 is 1.62 bits per heavy atom. The Hall–Kier alpha value is -1.44. The summed E-state index contributed by atoms with van der Waals surface area (Å²) in [6, 6.07) is 10.6. The van der Waals surface area contributed by atoms with E-state index >= 15 is 0 Å². The molecule has 0 amide bonds. The summed E-state index contributed by atoms with van der Waals surface area (Å²) in [4.78, 5) is 25.0. The van der Waals surface area contributed by atoms with Gasteiger partial charge in [0.25, 0.3) is 0 Å². The molecule has 0 saturated carbocycles. The van der Waals surface area contributed by atoms with Gasteiger partial charge in [0.2, 0.25) is 0 Å². The van der Waals surface area contributed by atoms with Crippen LogP contribution in [0.3, 0.4) is 0 Å². The Balaban J connectivity index is 2.29. The number of carbonyl (C=O) groups is 2. The number of rotatable bonds is 3. The zero-order chi connectivity index (χ0) is 11.5. The second-order valence-corrected chi connectivity index (χ2v) is 5.43. The molecule has 1 aromatic heterocycles. The van der Waals surface area contributed by atoms with Gasteiger partial charge in [-0.1, -0.05) is 0 Å². The van der Waals surface area contributed by atoms with Crippen LogP contribution in [-0.2, 0) is 0 Å². The first-order valence-corrected chi connectivity index (χ1v) is 6.72. The van der Waals surface area contributed by atoms with Crippen molar-refractivity contribution in [1.82, 2.24) is 0 Å². The van der Waals surface area contributed by atoms with Crippen molar-refractivity contribution in [2.24, 2.45) is 0 Å². The molecule has 2 rings (SSSR count). The summed E-state index contributed by atoms with van der Waals surface area (Å²) in [5.74, 6) is 0.0880. The van der Waals surface area contributed by atoms with Gasteiger partial charge in [0.15, 0.2) is 0 Å². The average molecular weight is 277 g/mol. The van der Waals surface area contributed by atoms with E-state index in [0.717, 1.165) is 4.44 Å². The van der Waals surface area contributed by atoms with E-state index in [0.29, 0.717) is 11.1 Å². The number of Topliss-reactive ketones (excluding diaryl/α,β-unsaturated/α-hetero) is 1. The minimum absolute atomic E-state index is 0.0185. The van der Waals surface area contributed by atoms with Crippen LogP contribution in [0.1, 0.15) is 32.1 Å². The van der Waals surface area contributed by atoms with Crippen molar-refractivity contribution in [2.45, 2.75) is 6.92 Å². The maximum absolute atomic E-state index is 12.0. The molecule has 0 N–H and O–H groups in total. The van der Waals surface area contributed by atoms with E-state index in [4.69, 9.17) is 0 Å². The van der Waals surface area contributed by atoms with Gasteiger partial charge < -0.3 is 0 Å². The summed E-state index contributed by atoms with van der Waals surface area (Å²) < 4.78 is 0.864. The van der Waals surface area contributed by atoms with E-state index in [2.05, 4.69) is 0 Å². The van der Waals surface area contributed by atoms with E-state index in [9.17, 15) is 9.59 Å². The van der Waals surface area contributed by atoms with Crippen LogP contribution in [0.25, 0.3) is 0 Å². The zero-order valence-electron chi connectivity index (χ0n) is 8.77. The maximum atomic E-state index is 12.0. The molecule has 0 aliphatic carbocycles. The molecular formula is C13H10O2Se. The summed E-state index contributed by atoms with van der Waals surface area (Å²) in [5.41, 5.74) is 1.29. The molecule has 1 aromatic carbocycles. The summed E-state index contributed by atoms with van der Waals surface area (Å²) in [5, 5.41) is 0. The summed E-state index contributed by atoms with van der Waals surface area (Å²) in [6.45, 7) is 1.52. The SMILES string of the molecule is CC(=O)c1ccc(C(=O)c2ccc[se]2)cc1. The molecule has 0 aliphatic rings. The number of ketones is 2. The Bertz CT molecular complexity index is 509. The first-order valence-electron chi connectivity index (χ1n) is 4.87. The normalized spacial score (nSPS) is 10.1. The van der Waals surface area contributed by atoms with Crippen LogP contribution in [0.15, 0.2) is 41.3 Å². The molecule has 2 aromatic rings. The van der Waals surface area contributed by atoms with Crippen molar-refractivity contribution in [2.75, 3.05) is 0 Å². The number of carbonyl (C=O) groups excluding carboxylic acids is 2. The molecule has 0 unspecified atom stereocenters. The van der Waals surface area contributed by atoms with Crippen molar-refractivity contribution in [3.63, 3.8) is 0 Å². The van der Waals surface area contributed by atoms with Gasteiger partial charge in [-0.15, -0.1) is 0 Å². The van der Waals surface area contributed by atoms with Crippen LogP contribution in [0.4, 0.5) is 0 Å². The van der Waals surface area contributed by atoms with Gasteiger partial charge in [-0.25, -0.2) is 0 Å².